The fourth-order valence-corrected chi connectivity index (χ4v) is 3.67. The van der Waals surface area contributed by atoms with E-state index in [1.165, 1.54) is 33.6 Å². The number of aliphatic hydroxyl groups excluding tert-OH is 1. The number of methoxy groups -OCH3 is 1. The van der Waals surface area contributed by atoms with Crippen LogP contribution in [0.25, 0.3) is 16.8 Å². The molecule has 0 bridgehead atoms. The van der Waals surface area contributed by atoms with Crippen LogP contribution in [0.1, 0.15) is 5.56 Å². The zero-order valence-corrected chi connectivity index (χ0v) is 18.5. The molecule has 1 amide bonds. The molecule has 8 nitrogen and oxygen atoms in total. The van der Waals surface area contributed by atoms with E-state index in [2.05, 4.69) is 26.3 Å². The Morgan fingerprint density at radius 2 is 1.97 bits per heavy atom. The van der Waals surface area contributed by atoms with Crippen LogP contribution >= 0.6 is 15.9 Å². The molecule has 0 radical (unpaired) electrons. The average Bonchev–Trinajstić information content (AvgIpc) is 3.17. The van der Waals surface area contributed by atoms with Gasteiger partial charge < -0.3 is 19.7 Å². The highest BCUT2D eigenvalue weighted by molar-refractivity contribution is 9.10. The maximum Gasteiger partial charge on any atom is 0.277 e. The average molecular weight is 501 g/mol. The number of benzene rings is 2. The smallest absolute Gasteiger partial charge is 0.277 e. The van der Waals surface area contributed by atoms with Crippen LogP contribution in [0, 0.1) is 5.82 Å². The van der Waals surface area contributed by atoms with Gasteiger partial charge in [-0.2, -0.15) is 5.10 Å². The molecular formula is C22H18BrFN4O4. The lowest BCUT2D eigenvalue weighted by molar-refractivity contribution is -0.116. The molecule has 4 aromatic rings. The number of aromatic nitrogens is 3. The summed E-state index contributed by atoms with van der Waals surface area (Å²) in [5, 5.41) is 16.8. The predicted molar refractivity (Wildman–Crippen MR) is 120 cm³/mol. The Hall–Kier alpha value is -3.50. The van der Waals surface area contributed by atoms with Gasteiger partial charge in [0.1, 0.15) is 23.6 Å². The Bertz CT molecular complexity index is 1370. The maximum atomic E-state index is 14.0. The molecule has 32 heavy (non-hydrogen) atoms. The lowest BCUT2D eigenvalue weighted by Crippen LogP contribution is -2.28. The van der Waals surface area contributed by atoms with E-state index >= 15 is 0 Å². The second kappa shape index (κ2) is 8.93. The number of carbonyl (C=O) groups is 1. The van der Waals surface area contributed by atoms with Crippen molar-refractivity contribution >= 4 is 33.0 Å². The molecule has 0 spiro atoms. The van der Waals surface area contributed by atoms with Crippen molar-refractivity contribution in [3.63, 3.8) is 0 Å². The summed E-state index contributed by atoms with van der Waals surface area (Å²) in [7, 11) is 1.56. The molecule has 0 atom stereocenters. The van der Waals surface area contributed by atoms with Gasteiger partial charge in [0.25, 0.3) is 5.56 Å². The van der Waals surface area contributed by atoms with Gasteiger partial charge in [-0.05, 0) is 42.5 Å². The van der Waals surface area contributed by atoms with E-state index in [1.54, 1.807) is 37.4 Å². The minimum absolute atomic E-state index is 0.00881. The predicted octanol–water partition coefficient (Wildman–Crippen LogP) is 3.20. The summed E-state index contributed by atoms with van der Waals surface area (Å²) < 4.78 is 22.2. The molecule has 2 heterocycles. The van der Waals surface area contributed by atoms with E-state index in [0.717, 1.165) is 0 Å². The molecule has 0 saturated heterocycles. The second-order valence-electron chi connectivity index (χ2n) is 6.91. The third kappa shape index (κ3) is 4.14. The fourth-order valence-electron chi connectivity index (χ4n) is 3.34. The van der Waals surface area contributed by atoms with Crippen LogP contribution in [0.15, 0.2) is 64.1 Å². The molecule has 0 fully saturated rings. The van der Waals surface area contributed by atoms with Crippen LogP contribution in [0.3, 0.4) is 0 Å². The van der Waals surface area contributed by atoms with Gasteiger partial charge in [0.2, 0.25) is 5.91 Å². The van der Waals surface area contributed by atoms with Crippen LogP contribution < -0.4 is 15.6 Å². The highest BCUT2D eigenvalue weighted by atomic mass is 79.9. The number of fused-ring (bicyclic) bond motifs is 1. The van der Waals surface area contributed by atoms with Crippen molar-refractivity contribution in [2.45, 2.75) is 13.2 Å². The van der Waals surface area contributed by atoms with Crippen molar-refractivity contribution in [2.24, 2.45) is 0 Å². The number of nitrogens with one attached hydrogen (secondary N) is 1. The first-order valence-corrected chi connectivity index (χ1v) is 10.3. The Labute approximate surface area is 190 Å². The number of aliphatic hydroxyl groups is 1. The molecule has 164 valence electrons. The molecule has 0 unspecified atom stereocenters. The van der Waals surface area contributed by atoms with Crippen molar-refractivity contribution in [2.75, 3.05) is 12.4 Å². The summed E-state index contributed by atoms with van der Waals surface area (Å²) in [5.74, 6) is -0.505. The minimum atomic E-state index is -0.599. The fraction of sp³-hybridized carbons (Fsp3) is 0.136. The Morgan fingerprint density at radius 1 is 1.22 bits per heavy atom. The summed E-state index contributed by atoms with van der Waals surface area (Å²) in [5.41, 5.74) is 1.15. The Kier molecular flexibility index (Phi) is 6.06. The van der Waals surface area contributed by atoms with Crippen molar-refractivity contribution in [3.05, 3.63) is 81.1 Å². The van der Waals surface area contributed by atoms with E-state index in [0.29, 0.717) is 27.0 Å². The van der Waals surface area contributed by atoms with Crippen molar-refractivity contribution in [1.82, 2.24) is 14.2 Å². The van der Waals surface area contributed by atoms with E-state index in [4.69, 9.17) is 4.74 Å². The van der Waals surface area contributed by atoms with Gasteiger partial charge in [0.15, 0.2) is 0 Å². The molecule has 2 aromatic heterocycles. The molecule has 4 rings (SSSR count). The highest BCUT2D eigenvalue weighted by Gasteiger charge is 2.19. The van der Waals surface area contributed by atoms with Gasteiger partial charge in [0, 0.05) is 28.0 Å². The quantitative estimate of drug-likeness (QED) is 0.423. The first-order chi connectivity index (χ1) is 15.4. The topological polar surface area (TPSA) is 97.9 Å². The van der Waals surface area contributed by atoms with Crippen LogP contribution in [0.2, 0.25) is 0 Å². The van der Waals surface area contributed by atoms with Crippen molar-refractivity contribution in [1.29, 1.82) is 0 Å². The maximum absolute atomic E-state index is 14.0. The second-order valence-corrected chi connectivity index (χ2v) is 7.83. The van der Waals surface area contributed by atoms with E-state index in [1.807, 2.05) is 0 Å². The molecular weight excluding hydrogens is 483 g/mol. The molecule has 0 aliphatic rings. The number of halogens is 2. The van der Waals surface area contributed by atoms with E-state index in [-0.39, 0.29) is 17.7 Å². The first-order valence-electron chi connectivity index (χ1n) is 9.52. The van der Waals surface area contributed by atoms with Crippen molar-refractivity contribution < 1.29 is 19.0 Å². The summed E-state index contributed by atoms with van der Waals surface area (Å²) in [6, 6.07) is 11.3. The normalized spacial score (nSPS) is 11.0. The lowest BCUT2D eigenvalue weighted by atomic mass is 10.1. The third-order valence-corrected chi connectivity index (χ3v) is 5.39. The summed E-state index contributed by atoms with van der Waals surface area (Å²) >= 11 is 3.16. The van der Waals surface area contributed by atoms with Crippen LogP contribution in [0.4, 0.5) is 10.1 Å². The number of rotatable bonds is 6. The molecule has 2 N–H and O–H groups in total. The summed E-state index contributed by atoms with van der Waals surface area (Å²) in [4.78, 5) is 25.5. The minimum Gasteiger partial charge on any atom is -0.497 e. The van der Waals surface area contributed by atoms with E-state index < -0.39 is 23.9 Å². The van der Waals surface area contributed by atoms with Gasteiger partial charge in [-0.25, -0.2) is 8.91 Å². The van der Waals surface area contributed by atoms with E-state index in [9.17, 15) is 19.1 Å². The number of hydrogen-bond donors (Lipinski definition) is 2. The summed E-state index contributed by atoms with van der Waals surface area (Å²) in [6.45, 7) is -0.751. The Balaban J connectivity index is 1.67. The van der Waals surface area contributed by atoms with Crippen LogP contribution in [0.5, 0.6) is 5.75 Å². The third-order valence-electron chi connectivity index (χ3n) is 4.90. The molecule has 0 saturated carbocycles. The largest absolute Gasteiger partial charge is 0.497 e. The number of hydrogen-bond acceptors (Lipinski definition) is 5. The number of amides is 1. The van der Waals surface area contributed by atoms with Crippen LogP contribution in [-0.2, 0) is 17.9 Å². The Morgan fingerprint density at radius 3 is 2.62 bits per heavy atom. The SMILES string of the molecule is COc1ccc(-c2nn3ccn(CC(=O)Nc4ccc(Br)cc4F)c(=O)c3c2CO)cc1. The standard InChI is InChI=1S/C22H18BrFN4O4/c1-32-15-5-2-13(3-6-15)20-16(12-29)21-22(31)27(8-9-28(21)26-20)11-19(30)25-18-7-4-14(23)10-17(18)24/h2-10,29H,11-12H2,1H3,(H,25,30). The molecule has 10 heteroatoms. The number of nitrogens with zero attached hydrogens (tertiary/aromatic N) is 3. The highest BCUT2D eigenvalue weighted by Crippen LogP contribution is 2.26. The number of ether oxygens (including phenoxy) is 1. The van der Waals surface area contributed by atoms with Gasteiger partial charge >= 0.3 is 0 Å². The van der Waals surface area contributed by atoms with Gasteiger partial charge in [-0.3, -0.25) is 9.59 Å². The number of anilines is 1. The van der Waals surface area contributed by atoms with Crippen LogP contribution in [-0.4, -0.2) is 32.3 Å². The van der Waals surface area contributed by atoms with Gasteiger partial charge in [-0.1, -0.05) is 15.9 Å². The van der Waals surface area contributed by atoms with Crippen molar-refractivity contribution in [3.8, 4) is 17.0 Å². The molecule has 0 aliphatic carbocycles. The van der Waals surface area contributed by atoms with Gasteiger partial charge in [-0.15, -0.1) is 0 Å². The lowest BCUT2D eigenvalue weighted by Gasteiger charge is -2.09. The summed E-state index contributed by atoms with van der Waals surface area (Å²) in [6.07, 6.45) is 2.94. The molecule has 2 aromatic carbocycles. The zero-order valence-electron chi connectivity index (χ0n) is 16.9. The zero-order chi connectivity index (χ0) is 22.8. The van der Waals surface area contributed by atoms with Gasteiger partial charge in [0.05, 0.1) is 25.1 Å². The number of carbonyl (C=O) groups excluding carboxylic acids is 1. The monoisotopic (exact) mass is 500 g/mol. The first kappa shape index (κ1) is 21.7. The molecule has 0 aliphatic heterocycles.